The molecular formula is C28H34N6O4. The maximum absolute atomic E-state index is 9.67. The van der Waals surface area contributed by atoms with E-state index >= 15 is 0 Å². The monoisotopic (exact) mass is 518 g/mol. The maximum Gasteiger partial charge on any atom is 0.245 e. The van der Waals surface area contributed by atoms with Gasteiger partial charge in [0.1, 0.15) is 17.2 Å². The smallest absolute Gasteiger partial charge is 0.245 e. The zero-order valence-electron chi connectivity index (χ0n) is 22.2. The Balaban J connectivity index is 1.38. The van der Waals surface area contributed by atoms with Crippen molar-refractivity contribution in [2.24, 2.45) is 0 Å². The average Bonchev–Trinajstić information content (AvgIpc) is 3.36. The van der Waals surface area contributed by atoms with Gasteiger partial charge in [0, 0.05) is 50.0 Å². The summed E-state index contributed by atoms with van der Waals surface area (Å²) in [4.78, 5) is 9.14. The van der Waals surface area contributed by atoms with E-state index in [1.165, 1.54) is 0 Å². The van der Waals surface area contributed by atoms with Gasteiger partial charge in [0.2, 0.25) is 5.95 Å². The molecule has 0 saturated carbocycles. The quantitative estimate of drug-likeness (QED) is 0.344. The molecule has 1 unspecified atom stereocenters. The van der Waals surface area contributed by atoms with Crippen LogP contribution in [0.2, 0.25) is 0 Å². The third-order valence-corrected chi connectivity index (χ3v) is 6.77. The molecule has 2 aromatic heterocycles. The highest BCUT2D eigenvalue weighted by atomic mass is 16.5. The van der Waals surface area contributed by atoms with Crippen molar-refractivity contribution in [2.45, 2.75) is 13.0 Å². The molecule has 5 rings (SSSR count). The Labute approximate surface area is 222 Å². The highest BCUT2D eigenvalue weighted by Crippen LogP contribution is 2.35. The molecule has 38 heavy (non-hydrogen) atoms. The molecule has 1 aliphatic heterocycles. The van der Waals surface area contributed by atoms with E-state index in [4.69, 9.17) is 19.3 Å². The number of anilines is 3. The second-order valence-corrected chi connectivity index (χ2v) is 9.35. The molecule has 0 bridgehead atoms. The molecule has 2 N–H and O–H groups in total. The lowest BCUT2D eigenvalue weighted by molar-refractivity contribution is 0.122. The summed E-state index contributed by atoms with van der Waals surface area (Å²) < 4.78 is 18.6. The zero-order valence-corrected chi connectivity index (χ0v) is 22.2. The van der Waals surface area contributed by atoms with Gasteiger partial charge in [-0.05, 0) is 49.4 Å². The van der Waals surface area contributed by atoms with Crippen molar-refractivity contribution in [1.29, 1.82) is 0 Å². The molecule has 10 heteroatoms. The summed E-state index contributed by atoms with van der Waals surface area (Å²) in [5.41, 5.74) is 4.45. The number of hydrogen-bond acceptors (Lipinski definition) is 9. The fraction of sp³-hybridized carbons (Fsp3) is 0.357. The largest absolute Gasteiger partial charge is 0.497 e. The number of fused-ring (bicyclic) bond motifs is 1. The number of benzene rings is 2. The van der Waals surface area contributed by atoms with Crippen LogP contribution < -0.4 is 24.4 Å². The van der Waals surface area contributed by atoms with Crippen LogP contribution in [0.4, 0.5) is 17.3 Å². The van der Waals surface area contributed by atoms with Crippen LogP contribution in [-0.2, 0) is 0 Å². The van der Waals surface area contributed by atoms with Crippen molar-refractivity contribution < 1.29 is 19.3 Å². The third-order valence-electron chi connectivity index (χ3n) is 6.77. The van der Waals surface area contributed by atoms with Gasteiger partial charge < -0.3 is 29.5 Å². The topological polar surface area (TPSA) is 96.6 Å². The van der Waals surface area contributed by atoms with Crippen LogP contribution in [0.25, 0.3) is 16.8 Å². The molecule has 0 radical (unpaired) electrons. The summed E-state index contributed by atoms with van der Waals surface area (Å²) in [6.45, 7) is 6.16. The minimum atomic E-state index is -0.311. The van der Waals surface area contributed by atoms with Crippen LogP contribution in [-0.4, -0.2) is 84.8 Å². The molecule has 10 nitrogen and oxygen atoms in total. The fourth-order valence-electron chi connectivity index (χ4n) is 4.84. The Morgan fingerprint density at radius 3 is 2.42 bits per heavy atom. The molecule has 1 aliphatic rings. The Hall–Kier alpha value is -4.02. The van der Waals surface area contributed by atoms with Crippen LogP contribution >= 0.6 is 0 Å². The predicted octanol–water partition coefficient (Wildman–Crippen LogP) is 3.67. The number of nitrogens with one attached hydrogen (secondary N) is 1. The number of rotatable bonds is 9. The maximum atomic E-state index is 9.67. The first-order chi connectivity index (χ1) is 18.5. The van der Waals surface area contributed by atoms with Crippen LogP contribution in [0.15, 0.2) is 54.7 Å². The Morgan fingerprint density at radius 2 is 1.71 bits per heavy atom. The number of aliphatic hydroxyl groups is 1. The number of methoxy groups -OCH3 is 3. The normalized spacial score (nSPS) is 14.9. The summed E-state index contributed by atoms with van der Waals surface area (Å²) in [5.74, 6) is 2.61. The lowest BCUT2D eigenvalue weighted by atomic mass is 10.1. The van der Waals surface area contributed by atoms with Gasteiger partial charge in [-0.1, -0.05) is 0 Å². The third kappa shape index (κ3) is 5.32. The van der Waals surface area contributed by atoms with E-state index in [0.29, 0.717) is 18.2 Å². The van der Waals surface area contributed by atoms with Crippen LogP contribution in [0, 0.1) is 0 Å². The second-order valence-electron chi connectivity index (χ2n) is 9.35. The van der Waals surface area contributed by atoms with E-state index in [-0.39, 0.29) is 6.10 Å². The Bertz CT molecular complexity index is 1400. The molecule has 0 aliphatic carbocycles. The molecule has 0 spiro atoms. The number of hydrogen-bond donors (Lipinski definition) is 2. The molecule has 1 fully saturated rings. The fourth-order valence-corrected chi connectivity index (χ4v) is 4.84. The number of aliphatic hydroxyl groups excluding tert-OH is 1. The first-order valence-corrected chi connectivity index (χ1v) is 12.7. The van der Waals surface area contributed by atoms with Gasteiger partial charge in [-0.2, -0.15) is 0 Å². The van der Waals surface area contributed by atoms with Gasteiger partial charge >= 0.3 is 0 Å². The molecule has 2 aromatic carbocycles. The summed E-state index contributed by atoms with van der Waals surface area (Å²) in [6.07, 6.45) is 1.47. The molecule has 1 atom stereocenters. The van der Waals surface area contributed by atoms with Gasteiger partial charge in [-0.15, -0.1) is 5.10 Å². The Kier molecular flexibility index (Phi) is 7.52. The number of aromatic nitrogens is 3. The highest BCUT2D eigenvalue weighted by molar-refractivity contribution is 5.74. The molecule has 200 valence electrons. The minimum absolute atomic E-state index is 0.311. The molecule has 0 amide bonds. The second kappa shape index (κ2) is 11.2. The van der Waals surface area contributed by atoms with E-state index in [1.54, 1.807) is 27.5 Å². The van der Waals surface area contributed by atoms with Gasteiger partial charge in [0.25, 0.3) is 0 Å². The van der Waals surface area contributed by atoms with Gasteiger partial charge in [0.05, 0.1) is 50.5 Å². The Morgan fingerprint density at radius 1 is 0.921 bits per heavy atom. The van der Waals surface area contributed by atoms with E-state index in [0.717, 1.165) is 65.8 Å². The SMILES string of the molecule is COc1ccc(OC)c(-c2ccc3cnc(Nc4ccc(N5CCN(CC(C)O)CC5)cc4OC)nn23)c1. The first-order valence-electron chi connectivity index (χ1n) is 12.7. The van der Waals surface area contributed by atoms with Gasteiger partial charge in [-0.3, -0.25) is 4.90 Å². The van der Waals surface area contributed by atoms with E-state index in [9.17, 15) is 5.11 Å². The number of ether oxygens (including phenoxy) is 3. The van der Waals surface area contributed by atoms with Crippen molar-refractivity contribution in [3.05, 3.63) is 54.7 Å². The average molecular weight is 519 g/mol. The van der Waals surface area contributed by atoms with Crippen molar-refractivity contribution >= 4 is 22.8 Å². The van der Waals surface area contributed by atoms with Crippen LogP contribution in [0.5, 0.6) is 17.2 Å². The predicted molar refractivity (Wildman–Crippen MR) is 148 cm³/mol. The van der Waals surface area contributed by atoms with Gasteiger partial charge in [-0.25, -0.2) is 9.50 Å². The standard InChI is InChI=1S/C28H34N6O4/c1-19(35)18-32-11-13-33(14-12-32)20-5-8-24(27(15-20)38-4)30-28-29-17-21-6-9-25(34(21)31-28)23-16-22(36-2)7-10-26(23)37-3/h5-10,15-17,19,35H,11-14,18H2,1-4H3,(H,30,31). The van der Waals surface area contributed by atoms with Gasteiger partial charge in [0.15, 0.2) is 0 Å². The van der Waals surface area contributed by atoms with Crippen molar-refractivity contribution in [1.82, 2.24) is 19.5 Å². The van der Waals surface area contributed by atoms with Crippen LogP contribution in [0.3, 0.4) is 0 Å². The molecule has 4 aromatic rings. The van der Waals surface area contributed by atoms with E-state index in [2.05, 4.69) is 26.2 Å². The summed E-state index contributed by atoms with van der Waals surface area (Å²) in [7, 11) is 4.95. The first kappa shape index (κ1) is 25.6. The lowest BCUT2D eigenvalue weighted by Crippen LogP contribution is -2.48. The van der Waals surface area contributed by atoms with Crippen LogP contribution in [0.1, 0.15) is 6.92 Å². The summed E-state index contributed by atoms with van der Waals surface area (Å²) >= 11 is 0. The minimum Gasteiger partial charge on any atom is -0.497 e. The van der Waals surface area contributed by atoms with E-state index in [1.807, 2.05) is 53.9 Å². The summed E-state index contributed by atoms with van der Waals surface area (Å²) in [6, 6.07) is 15.7. The number of β-amino-alcohol motifs (C(OH)–C–C–N with tert-alkyl or cyclic N) is 1. The number of nitrogens with zero attached hydrogens (tertiary/aromatic N) is 5. The lowest BCUT2D eigenvalue weighted by Gasteiger charge is -2.36. The zero-order chi connectivity index (χ0) is 26.6. The van der Waals surface area contributed by atoms with E-state index < -0.39 is 0 Å². The highest BCUT2D eigenvalue weighted by Gasteiger charge is 2.20. The molecule has 3 heterocycles. The molecular weight excluding hydrogens is 484 g/mol. The van der Waals surface area contributed by atoms with Crippen molar-refractivity contribution in [3.63, 3.8) is 0 Å². The molecule has 1 saturated heterocycles. The van der Waals surface area contributed by atoms with Crippen molar-refractivity contribution in [3.8, 4) is 28.5 Å². The van der Waals surface area contributed by atoms with Crippen molar-refractivity contribution in [2.75, 3.05) is 64.3 Å². The number of piperazine rings is 1. The summed E-state index contributed by atoms with van der Waals surface area (Å²) in [5, 5.41) is 17.7.